The average Bonchev–Trinajstić information content (AvgIpc) is 3.15. The highest BCUT2D eigenvalue weighted by atomic mass is 32.2. The summed E-state index contributed by atoms with van der Waals surface area (Å²) in [6.07, 6.45) is 6.61. The van der Waals surface area contributed by atoms with Crippen molar-refractivity contribution in [1.82, 2.24) is 24.8 Å². The molecule has 2 fully saturated rings. The Bertz CT molecular complexity index is 1350. The molecule has 34 heavy (non-hydrogen) atoms. The summed E-state index contributed by atoms with van der Waals surface area (Å²) in [5.41, 5.74) is 4.03. The van der Waals surface area contributed by atoms with Crippen molar-refractivity contribution in [3.63, 3.8) is 0 Å². The second kappa shape index (κ2) is 8.07. The second-order valence-corrected chi connectivity index (χ2v) is 11.6. The van der Waals surface area contributed by atoms with Gasteiger partial charge in [0.05, 0.1) is 29.5 Å². The number of sulfone groups is 1. The summed E-state index contributed by atoms with van der Waals surface area (Å²) in [6, 6.07) is 9.63. The van der Waals surface area contributed by atoms with E-state index in [1.54, 1.807) is 24.4 Å². The first-order valence-electron chi connectivity index (χ1n) is 11.4. The minimum absolute atomic E-state index is 0.218. The van der Waals surface area contributed by atoms with Crippen LogP contribution in [0.5, 0.6) is 0 Å². The van der Waals surface area contributed by atoms with Gasteiger partial charge >= 0.3 is 0 Å². The van der Waals surface area contributed by atoms with E-state index in [0.29, 0.717) is 35.1 Å². The molecule has 9 nitrogen and oxygen atoms in total. The molecule has 3 aromatic heterocycles. The molecule has 0 aromatic carbocycles. The molecule has 2 saturated heterocycles. The van der Waals surface area contributed by atoms with Crippen molar-refractivity contribution >= 4 is 21.5 Å². The summed E-state index contributed by atoms with van der Waals surface area (Å²) in [4.78, 5) is 20.5. The van der Waals surface area contributed by atoms with Crippen molar-refractivity contribution in [1.29, 1.82) is 0 Å². The number of ether oxygens (including phenoxy) is 1. The molecule has 0 amide bonds. The van der Waals surface area contributed by atoms with E-state index in [1.807, 2.05) is 6.07 Å². The lowest BCUT2D eigenvalue weighted by Gasteiger charge is -2.57. The summed E-state index contributed by atoms with van der Waals surface area (Å²) in [6.45, 7) is 4.05. The Morgan fingerprint density at radius 3 is 2.76 bits per heavy atom. The van der Waals surface area contributed by atoms with Gasteiger partial charge in [0, 0.05) is 55.2 Å². The van der Waals surface area contributed by atoms with Crippen LogP contribution in [0.1, 0.15) is 35.1 Å². The third-order valence-corrected chi connectivity index (χ3v) is 8.10. The lowest BCUT2D eigenvalue weighted by Crippen LogP contribution is -2.66. The Balaban J connectivity index is 1.16. The van der Waals surface area contributed by atoms with Gasteiger partial charge in [0.2, 0.25) is 0 Å². The number of aromatic nitrogens is 4. The number of nitrogens with zero attached hydrogens (tertiary/aromatic N) is 5. The Morgan fingerprint density at radius 2 is 2.00 bits per heavy atom. The molecule has 1 spiro atoms. The molecular formula is C24H26N6O3S. The Morgan fingerprint density at radius 1 is 1.15 bits per heavy atom. The van der Waals surface area contributed by atoms with E-state index < -0.39 is 9.84 Å². The normalized spacial score (nSPS) is 21.0. The van der Waals surface area contributed by atoms with Crippen LogP contribution in [-0.2, 0) is 27.4 Å². The predicted molar refractivity (Wildman–Crippen MR) is 126 cm³/mol. The van der Waals surface area contributed by atoms with Crippen LogP contribution in [0.3, 0.4) is 0 Å². The molecule has 0 saturated carbocycles. The molecule has 1 atom stereocenters. The number of hydrogen-bond donors (Lipinski definition) is 1. The largest absolute Gasteiger partial charge is 0.380 e. The zero-order valence-electron chi connectivity index (χ0n) is 18.9. The lowest BCUT2D eigenvalue weighted by atomic mass is 9.76. The van der Waals surface area contributed by atoms with Gasteiger partial charge in [-0.15, -0.1) is 0 Å². The van der Waals surface area contributed by atoms with Crippen molar-refractivity contribution in [2.45, 2.75) is 30.2 Å². The van der Waals surface area contributed by atoms with Gasteiger partial charge in [-0.2, -0.15) is 0 Å². The van der Waals surface area contributed by atoms with Crippen LogP contribution >= 0.6 is 0 Å². The molecular weight excluding hydrogens is 452 g/mol. The van der Waals surface area contributed by atoms with E-state index in [9.17, 15) is 8.42 Å². The van der Waals surface area contributed by atoms with Crippen molar-refractivity contribution in [2.24, 2.45) is 5.41 Å². The van der Waals surface area contributed by atoms with Gasteiger partial charge in [-0.05, 0) is 36.6 Å². The van der Waals surface area contributed by atoms with Gasteiger partial charge in [-0.3, -0.25) is 9.88 Å². The van der Waals surface area contributed by atoms with Crippen LogP contribution in [0.15, 0.2) is 47.8 Å². The maximum Gasteiger partial charge on any atom is 0.177 e. The van der Waals surface area contributed by atoms with E-state index in [0.717, 1.165) is 50.7 Å². The predicted octanol–water partition coefficient (Wildman–Crippen LogP) is 2.32. The zero-order valence-corrected chi connectivity index (χ0v) is 19.8. The van der Waals surface area contributed by atoms with Crippen LogP contribution in [0.25, 0.3) is 0 Å². The van der Waals surface area contributed by atoms with Gasteiger partial charge in [-0.25, -0.2) is 23.4 Å². The smallest absolute Gasteiger partial charge is 0.177 e. The number of likely N-dealkylation sites (tertiary alicyclic amines) is 1. The molecule has 176 valence electrons. The highest BCUT2D eigenvalue weighted by molar-refractivity contribution is 7.90. The van der Waals surface area contributed by atoms with E-state index in [1.165, 1.54) is 18.1 Å². The Hall–Kier alpha value is -2.95. The molecule has 0 bridgehead atoms. The van der Waals surface area contributed by atoms with Crippen molar-refractivity contribution in [3.05, 3.63) is 65.5 Å². The highest BCUT2D eigenvalue weighted by Crippen LogP contribution is 2.46. The fourth-order valence-electron chi connectivity index (χ4n) is 5.26. The maximum atomic E-state index is 12.1. The average molecular weight is 479 g/mol. The van der Waals surface area contributed by atoms with Gasteiger partial charge < -0.3 is 10.1 Å². The summed E-state index contributed by atoms with van der Waals surface area (Å²) in [7, 11) is -3.37. The molecule has 6 rings (SSSR count). The number of aryl methyl sites for hydroxylation is 1. The Kier molecular flexibility index (Phi) is 5.12. The van der Waals surface area contributed by atoms with Crippen LogP contribution in [0.4, 0.5) is 11.6 Å². The number of nitrogens with one attached hydrogen (secondary N) is 1. The first kappa shape index (κ1) is 21.6. The van der Waals surface area contributed by atoms with Crippen LogP contribution in [-0.4, -0.2) is 65.8 Å². The maximum absolute atomic E-state index is 12.1. The van der Waals surface area contributed by atoms with Gasteiger partial charge in [0.1, 0.15) is 18.0 Å². The van der Waals surface area contributed by atoms with Gasteiger partial charge in [-0.1, -0.05) is 6.07 Å². The van der Waals surface area contributed by atoms with Gasteiger partial charge in [0.15, 0.2) is 9.84 Å². The number of fused-ring (bicyclic) bond motifs is 1. The standard InChI is InChI=1S/C24H26N6O3S/c1-34(31,32)21-3-2-8-25-19(21)9-16-10-23(27-15-26-16)29-22-7-4-17-18(28-22)5-6-20(17)30-11-24(12-30)13-33-14-24/h2-4,7-8,10,15,20H,5-6,9,11-14H2,1H3,(H,26,27,28,29). The number of hydrogen-bond acceptors (Lipinski definition) is 9. The summed E-state index contributed by atoms with van der Waals surface area (Å²) in [5.74, 6) is 1.35. The van der Waals surface area contributed by atoms with E-state index in [2.05, 4.69) is 31.2 Å². The second-order valence-electron chi connectivity index (χ2n) is 9.60. The molecule has 2 aliphatic heterocycles. The van der Waals surface area contributed by atoms with Crippen LogP contribution in [0.2, 0.25) is 0 Å². The zero-order chi connectivity index (χ0) is 23.3. The minimum Gasteiger partial charge on any atom is -0.380 e. The van der Waals surface area contributed by atoms with Crippen LogP contribution in [0, 0.1) is 5.41 Å². The minimum atomic E-state index is -3.37. The summed E-state index contributed by atoms with van der Waals surface area (Å²) < 4.78 is 29.6. The first-order valence-corrected chi connectivity index (χ1v) is 13.3. The SMILES string of the molecule is CS(=O)(=O)c1cccnc1Cc1cc(Nc2ccc3c(n2)CCC3N2CC3(COC3)C2)ncn1. The van der Waals surface area contributed by atoms with Crippen molar-refractivity contribution in [2.75, 3.05) is 37.9 Å². The molecule has 1 aliphatic carbocycles. The molecule has 5 heterocycles. The Labute approximate surface area is 198 Å². The van der Waals surface area contributed by atoms with Crippen molar-refractivity contribution < 1.29 is 13.2 Å². The molecule has 1 N–H and O–H groups in total. The van der Waals surface area contributed by atoms with E-state index in [-0.39, 0.29) is 4.90 Å². The third-order valence-electron chi connectivity index (χ3n) is 6.93. The van der Waals surface area contributed by atoms with E-state index in [4.69, 9.17) is 9.72 Å². The molecule has 3 aromatic rings. The first-order chi connectivity index (χ1) is 16.4. The van der Waals surface area contributed by atoms with Crippen molar-refractivity contribution in [3.8, 4) is 0 Å². The molecule has 10 heteroatoms. The topological polar surface area (TPSA) is 110 Å². The van der Waals surface area contributed by atoms with Gasteiger partial charge in [0.25, 0.3) is 0 Å². The fraction of sp³-hybridized carbons (Fsp3) is 0.417. The monoisotopic (exact) mass is 478 g/mol. The summed E-state index contributed by atoms with van der Waals surface area (Å²) in [5, 5.41) is 3.28. The van der Waals surface area contributed by atoms with Crippen LogP contribution < -0.4 is 5.32 Å². The molecule has 0 radical (unpaired) electrons. The quantitative estimate of drug-likeness (QED) is 0.571. The third kappa shape index (κ3) is 3.95. The number of pyridine rings is 2. The molecule has 1 unspecified atom stereocenters. The molecule has 3 aliphatic rings. The fourth-order valence-corrected chi connectivity index (χ4v) is 6.14. The summed E-state index contributed by atoms with van der Waals surface area (Å²) >= 11 is 0. The number of rotatable bonds is 6. The van der Waals surface area contributed by atoms with E-state index >= 15 is 0 Å². The highest BCUT2D eigenvalue weighted by Gasteiger charge is 2.51. The number of anilines is 2. The lowest BCUT2D eigenvalue weighted by molar-refractivity contribution is -0.198.